The largest absolute Gasteiger partial charge is 0.306 e. The maximum Gasteiger partial charge on any atom is 0.306 e. The molecule has 1 aromatic carbocycles. The molecule has 54 valence electrons. The van der Waals surface area contributed by atoms with E-state index < -0.39 is 11.7 Å². The molecule has 1 aliphatic rings. The lowest BCUT2D eigenvalue weighted by Gasteiger charge is -1.79. The summed E-state index contributed by atoms with van der Waals surface area (Å²) in [4.78, 5) is 14.1. The van der Waals surface area contributed by atoms with Gasteiger partial charge in [0.15, 0.2) is 5.83 Å². The number of halogens is 1. The van der Waals surface area contributed by atoms with Crippen LogP contribution in [0.4, 0.5) is 4.39 Å². The Morgan fingerprint density at radius 3 is 2.73 bits per heavy atom. The van der Waals surface area contributed by atoms with E-state index in [0.29, 0.717) is 10.6 Å². The fraction of sp³-hybridized carbons (Fsp3) is 0. The van der Waals surface area contributed by atoms with E-state index in [1.54, 1.807) is 24.3 Å². The van der Waals surface area contributed by atoms with Gasteiger partial charge in [-0.1, -0.05) is 12.1 Å². The van der Waals surface area contributed by atoms with Crippen LogP contribution >= 0.6 is 0 Å². The van der Waals surface area contributed by atoms with Crippen molar-refractivity contribution < 1.29 is 9.18 Å². The summed E-state index contributed by atoms with van der Waals surface area (Å²) in [5, 5.41) is 0.729. The van der Waals surface area contributed by atoms with Crippen molar-refractivity contribution in [3.8, 4) is 0 Å². The smallest absolute Gasteiger partial charge is 0.264 e. The number of nitrogens with zero attached hydrogens (tertiary/aromatic N) is 1. The molecule has 0 bridgehead atoms. The molecule has 0 spiro atoms. The minimum absolute atomic E-state index is 0.303. The number of fused-ring (bicyclic) bond motifs is 1. The van der Waals surface area contributed by atoms with E-state index in [1.165, 1.54) is 0 Å². The predicted molar refractivity (Wildman–Crippen MR) is 36.7 cm³/mol. The van der Waals surface area contributed by atoms with E-state index in [2.05, 4.69) is 4.99 Å². The number of benzene rings is 1. The quantitative estimate of drug-likeness (QED) is 0.507. The van der Waals surface area contributed by atoms with Gasteiger partial charge in [-0.15, -0.1) is 0 Å². The van der Waals surface area contributed by atoms with Crippen molar-refractivity contribution in [3.05, 3.63) is 34.8 Å². The van der Waals surface area contributed by atoms with Gasteiger partial charge in [0.1, 0.15) is 0 Å². The summed E-state index contributed by atoms with van der Waals surface area (Å²) >= 11 is 0. The Hall–Kier alpha value is -1.51. The molecule has 0 aliphatic carbocycles. The van der Waals surface area contributed by atoms with Crippen molar-refractivity contribution in [1.82, 2.24) is 0 Å². The van der Waals surface area contributed by atoms with Crippen LogP contribution in [-0.2, 0) is 4.79 Å². The van der Waals surface area contributed by atoms with Crippen LogP contribution in [0, 0.1) is 0 Å². The van der Waals surface area contributed by atoms with Crippen molar-refractivity contribution in [1.29, 1.82) is 0 Å². The van der Waals surface area contributed by atoms with Crippen molar-refractivity contribution >= 4 is 11.7 Å². The summed E-state index contributed by atoms with van der Waals surface area (Å²) < 4.78 is 12.8. The first-order valence-corrected chi connectivity index (χ1v) is 3.17. The number of hydrogen-bond acceptors (Lipinski definition) is 1. The standard InChI is InChI=1S/C8H4FNO/c9-7-5-3-1-2-4-6(5)10-8(7)11/h1-4H. The van der Waals surface area contributed by atoms with E-state index in [1.807, 2.05) is 0 Å². The number of amides is 1. The normalized spacial score (nSPS) is 14.6. The monoisotopic (exact) mass is 149 g/mol. The Morgan fingerprint density at radius 1 is 1.27 bits per heavy atom. The first-order valence-electron chi connectivity index (χ1n) is 3.17. The zero-order valence-electron chi connectivity index (χ0n) is 5.54. The lowest BCUT2D eigenvalue weighted by Crippen LogP contribution is -2.20. The van der Waals surface area contributed by atoms with Crippen LogP contribution in [-0.4, -0.2) is 5.91 Å². The summed E-state index contributed by atoms with van der Waals surface area (Å²) in [5.41, 5.74) is 0. The summed E-state index contributed by atoms with van der Waals surface area (Å²) in [5.74, 6) is -1.52. The summed E-state index contributed by atoms with van der Waals surface area (Å²) in [6, 6.07) is 6.54. The van der Waals surface area contributed by atoms with E-state index in [-0.39, 0.29) is 0 Å². The highest BCUT2D eigenvalue weighted by Gasteiger charge is 2.14. The number of hydrogen-bond donors (Lipinski definition) is 0. The molecule has 11 heavy (non-hydrogen) atoms. The van der Waals surface area contributed by atoms with Crippen molar-refractivity contribution in [2.75, 3.05) is 0 Å². The van der Waals surface area contributed by atoms with E-state index in [9.17, 15) is 9.18 Å². The number of para-hydroxylation sites is 1. The van der Waals surface area contributed by atoms with Gasteiger partial charge in [-0.3, -0.25) is 4.79 Å². The van der Waals surface area contributed by atoms with Gasteiger partial charge in [-0.05, 0) is 12.1 Å². The molecule has 0 saturated heterocycles. The van der Waals surface area contributed by atoms with Crippen LogP contribution in [0.2, 0.25) is 0 Å². The molecule has 0 saturated carbocycles. The van der Waals surface area contributed by atoms with Crippen LogP contribution in [0.5, 0.6) is 0 Å². The van der Waals surface area contributed by atoms with Crippen LogP contribution in [0.25, 0.3) is 5.83 Å². The van der Waals surface area contributed by atoms with E-state index >= 15 is 0 Å². The molecule has 1 aliphatic heterocycles. The van der Waals surface area contributed by atoms with Crippen LogP contribution in [0.15, 0.2) is 29.3 Å². The van der Waals surface area contributed by atoms with Gasteiger partial charge in [-0.25, -0.2) is 9.38 Å². The highest BCUT2D eigenvalue weighted by Crippen LogP contribution is 1.99. The first kappa shape index (κ1) is 6.22. The van der Waals surface area contributed by atoms with E-state index in [0.717, 1.165) is 0 Å². The highest BCUT2D eigenvalue weighted by atomic mass is 19.1. The zero-order chi connectivity index (χ0) is 7.84. The Kier molecular flexibility index (Phi) is 1.12. The summed E-state index contributed by atoms with van der Waals surface area (Å²) in [6.07, 6.45) is 0. The fourth-order valence-electron chi connectivity index (χ4n) is 1.03. The molecular weight excluding hydrogens is 145 g/mol. The van der Waals surface area contributed by atoms with Gasteiger partial charge in [-0.2, -0.15) is 0 Å². The Balaban J connectivity index is 3.00. The molecule has 0 N–H and O–H groups in total. The maximum absolute atomic E-state index is 12.8. The molecule has 1 aromatic rings. The molecule has 2 rings (SSSR count). The highest BCUT2D eigenvalue weighted by molar-refractivity contribution is 6.12. The van der Waals surface area contributed by atoms with Crippen molar-refractivity contribution in [2.45, 2.75) is 0 Å². The molecule has 1 amide bonds. The minimum Gasteiger partial charge on any atom is -0.264 e. The van der Waals surface area contributed by atoms with Crippen LogP contribution < -0.4 is 10.6 Å². The third-order valence-corrected chi connectivity index (χ3v) is 1.55. The van der Waals surface area contributed by atoms with Crippen LogP contribution in [0.1, 0.15) is 0 Å². The first-order chi connectivity index (χ1) is 5.29. The molecule has 3 heteroatoms. The topological polar surface area (TPSA) is 29.4 Å². The Morgan fingerprint density at radius 2 is 2.00 bits per heavy atom. The van der Waals surface area contributed by atoms with Gasteiger partial charge in [0, 0.05) is 5.22 Å². The Labute approximate surface area is 61.7 Å². The molecule has 0 atom stereocenters. The second-order valence-electron chi connectivity index (χ2n) is 2.25. The Bertz CT molecular complexity index is 436. The second kappa shape index (κ2) is 1.99. The van der Waals surface area contributed by atoms with E-state index in [4.69, 9.17) is 0 Å². The lowest BCUT2D eigenvalue weighted by molar-refractivity contribution is -0.113. The molecule has 1 heterocycles. The fourth-order valence-corrected chi connectivity index (χ4v) is 1.03. The van der Waals surface area contributed by atoms with Crippen molar-refractivity contribution in [3.63, 3.8) is 0 Å². The minimum atomic E-state index is -0.772. The molecule has 0 aromatic heterocycles. The van der Waals surface area contributed by atoms with Gasteiger partial charge < -0.3 is 0 Å². The van der Waals surface area contributed by atoms with Crippen LogP contribution in [0.3, 0.4) is 0 Å². The third-order valence-electron chi connectivity index (χ3n) is 1.55. The average Bonchev–Trinajstić information content (AvgIpc) is 2.30. The van der Waals surface area contributed by atoms with Gasteiger partial charge >= 0.3 is 5.91 Å². The molecular formula is C8H4FNO. The van der Waals surface area contributed by atoms with Gasteiger partial charge in [0.05, 0.1) is 5.36 Å². The number of carbonyl (C=O) groups excluding carboxylic acids is 1. The zero-order valence-corrected chi connectivity index (χ0v) is 5.54. The second-order valence-corrected chi connectivity index (χ2v) is 2.25. The van der Waals surface area contributed by atoms with Gasteiger partial charge in [0.25, 0.3) is 0 Å². The predicted octanol–water partition coefficient (Wildman–Crippen LogP) is -0.0759. The number of rotatable bonds is 0. The number of carbonyl (C=O) groups is 1. The molecule has 0 radical (unpaired) electrons. The summed E-state index contributed by atoms with van der Waals surface area (Å²) in [6.45, 7) is 0. The third kappa shape index (κ3) is 0.774. The maximum atomic E-state index is 12.8. The lowest BCUT2D eigenvalue weighted by atomic mass is 10.3. The average molecular weight is 149 g/mol. The SMILES string of the molecule is O=C1N=c2ccccc2=C1F. The molecule has 0 unspecified atom stereocenters. The van der Waals surface area contributed by atoms with Gasteiger partial charge in [0.2, 0.25) is 0 Å². The van der Waals surface area contributed by atoms with Crippen molar-refractivity contribution in [2.24, 2.45) is 4.99 Å². The molecule has 2 nitrogen and oxygen atoms in total. The summed E-state index contributed by atoms with van der Waals surface area (Å²) in [7, 11) is 0. The molecule has 0 fully saturated rings.